The molecule has 0 amide bonds. The van der Waals surface area contributed by atoms with Gasteiger partial charge in [-0.3, -0.25) is 4.90 Å². The summed E-state index contributed by atoms with van der Waals surface area (Å²) in [6.07, 6.45) is 2.87. The lowest BCUT2D eigenvalue weighted by Gasteiger charge is -2.36. The second-order valence-corrected chi connectivity index (χ2v) is 5.11. The van der Waals surface area contributed by atoms with Crippen LogP contribution < -0.4 is 5.73 Å². The summed E-state index contributed by atoms with van der Waals surface area (Å²) in [5, 5.41) is 0. The van der Waals surface area contributed by atoms with Gasteiger partial charge in [0.1, 0.15) is 0 Å². The van der Waals surface area contributed by atoms with Crippen LogP contribution in [0.1, 0.15) is 6.42 Å². The number of nitrogens with zero attached hydrogens (tertiary/aromatic N) is 1. The van der Waals surface area contributed by atoms with Crippen molar-refractivity contribution < 1.29 is 4.74 Å². The SMILES string of the molecule is CN1CCSCC1C(N)C1=COCC1. The van der Waals surface area contributed by atoms with E-state index in [1.165, 1.54) is 11.3 Å². The third kappa shape index (κ3) is 2.07. The zero-order chi connectivity index (χ0) is 9.97. The average molecular weight is 214 g/mol. The van der Waals surface area contributed by atoms with E-state index in [4.69, 9.17) is 10.5 Å². The molecule has 0 spiro atoms. The first-order chi connectivity index (χ1) is 6.79. The third-order valence-electron chi connectivity index (χ3n) is 3.03. The smallest absolute Gasteiger partial charge is 0.0912 e. The summed E-state index contributed by atoms with van der Waals surface area (Å²) in [5.74, 6) is 2.38. The summed E-state index contributed by atoms with van der Waals surface area (Å²) >= 11 is 2.00. The molecule has 4 heteroatoms. The Morgan fingerprint density at radius 2 is 2.57 bits per heavy atom. The van der Waals surface area contributed by atoms with Crippen LogP contribution >= 0.6 is 11.8 Å². The number of ether oxygens (including phenoxy) is 1. The summed E-state index contributed by atoms with van der Waals surface area (Å²) in [4.78, 5) is 2.38. The van der Waals surface area contributed by atoms with E-state index in [1.54, 1.807) is 0 Å². The second-order valence-electron chi connectivity index (χ2n) is 3.96. The first-order valence-corrected chi connectivity index (χ1v) is 6.28. The Balaban J connectivity index is 1.98. The minimum Gasteiger partial charge on any atom is -0.501 e. The summed E-state index contributed by atoms with van der Waals surface area (Å²) in [6.45, 7) is 1.96. The molecular formula is C10H18N2OS. The van der Waals surface area contributed by atoms with Crippen LogP contribution in [0, 0.1) is 0 Å². The third-order valence-corrected chi connectivity index (χ3v) is 4.08. The highest BCUT2D eigenvalue weighted by molar-refractivity contribution is 7.99. The molecule has 2 atom stereocenters. The Kier molecular flexibility index (Phi) is 3.36. The van der Waals surface area contributed by atoms with Crippen LogP contribution in [0.3, 0.4) is 0 Å². The first kappa shape index (κ1) is 10.3. The highest BCUT2D eigenvalue weighted by atomic mass is 32.2. The predicted molar refractivity (Wildman–Crippen MR) is 60.4 cm³/mol. The molecule has 2 aliphatic rings. The molecule has 2 unspecified atom stereocenters. The molecule has 0 aromatic heterocycles. The van der Waals surface area contributed by atoms with Crippen LogP contribution in [0.2, 0.25) is 0 Å². The number of thioether (sulfide) groups is 1. The van der Waals surface area contributed by atoms with E-state index in [1.807, 2.05) is 18.0 Å². The number of hydrogen-bond acceptors (Lipinski definition) is 4. The minimum atomic E-state index is 0.162. The van der Waals surface area contributed by atoms with Crippen molar-refractivity contribution in [3.05, 3.63) is 11.8 Å². The van der Waals surface area contributed by atoms with Crippen LogP contribution in [-0.4, -0.2) is 48.7 Å². The Labute approximate surface area is 89.7 Å². The lowest BCUT2D eigenvalue weighted by molar-refractivity contribution is 0.248. The van der Waals surface area contributed by atoms with Gasteiger partial charge in [0.2, 0.25) is 0 Å². The van der Waals surface area contributed by atoms with Crippen LogP contribution in [0.4, 0.5) is 0 Å². The van der Waals surface area contributed by atoms with Crippen LogP contribution in [0.25, 0.3) is 0 Å². The van der Waals surface area contributed by atoms with Gasteiger partial charge in [0.05, 0.1) is 12.9 Å². The van der Waals surface area contributed by atoms with E-state index in [-0.39, 0.29) is 6.04 Å². The summed E-state index contributed by atoms with van der Waals surface area (Å²) < 4.78 is 5.24. The molecule has 2 rings (SSSR count). The maximum absolute atomic E-state index is 6.24. The fourth-order valence-electron chi connectivity index (χ4n) is 1.98. The van der Waals surface area contributed by atoms with E-state index >= 15 is 0 Å². The molecule has 3 nitrogen and oxygen atoms in total. The van der Waals surface area contributed by atoms with Gasteiger partial charge in [-0.2, -0.15) is 11.8 Å². The molecule has 0 bridgehead atoms. The lowest BCUT2D eigenvalue weighted by atomic mass is 10.00. The van der Waals surface area contributed by atoms with E-state index in [9.17, 15) is 0 Å². The van der Waals surface area contributed by atoms with Crippen molar-refractivity contribution in [2.24, 2.45) is 5.73 Å². The zero-order valence-corrected chi connectivity index (χ0v) is 9.43. The number of likely N-dealkylation sites (N-methyl/N-ethyl adjacent to an activating group) is 1. The molecular weight excluding hydrogens is 196 g/mol. The number of hydrogen-bond donors (Lipinski definition) is 1. The van der Waals surface area contributed by atoms with Gasteiger partial charge in [0.15, 0.2) is 0 Å². The van der Waals surface area contributed by atoms with Gasteiger partial charge in [0, 0.05) is 36.6 Å². The van der Waals surface area contributed by atoms with E-state index in [2.05, 4.69) is 11.9 Å². The van der Waals surface area contributed by atoms with Gasteiger partial charge < -0.3 is 10.5 Å². The Morgan fingerprint density at radius 1 is 1.71 bits per heavy atom. The Morgan fingerprint density at radius 3 is 3.21 bits per heavy atom. The minimum absolute atomic E-state index is 0.162. The highest BCUT2D eigenvalue weighted by Gasteiger charge is 2.28. The topological polar surface area (TPSA) is 38.5 Å². The second kappa shape index (κ2) is 4.55. The van der Waals surface area contributed by atoms with Crippen molar-refractivity contribution in [2.75, 3.05) is 31.7 Å². The van der Waals surface area contributed by atoms with Crippen LogP contribution in [0.5, 0.6) is 0 Å². The quantitative estimate of drug-likeness (QED) is 0.733. The fourth-order valence-corrected chi connectivity index (χ4v) is 3.26. The highest BCUT2D eigenvalue weighted by Crippen LogP contribution is 2.23. The number of nitrogens with two attached hydrogens (primary N) is 1. The Hall–Kier alpha value is -0.190. The van der Waals surface area contributed by atoms with Gasteiger partial charge in [0.25, 0.3) is 0 Å². The lowest BCUT2D eigenvalue weighted by Crippen LogP contribution is -2.51. The maximum atomic E-state index is 6.24. The average Bonchev–Trinajstić information content (AvgIpc) is 2.70. The standard InChI is InChI=1S/C10H18N2OS/c1-12-3-5-14-7-9(12)10(11)8-2-4-13-6-8/h6,9-10H,2-5,7,11H2,1H3. The summed E-state index contributed by atoms with van der Waals surface area (Å²) in [7, 11) is 2.17. The van der Waals surface area contributed by atoms with Gasteiger partial charge in [-0.15, -0.1) is 0 Å². The molecule has 2 heterocycles. The fraction of sp³-hybridized carbons (Fsp3) is 0.800. The van der Waals surface area contributed by atoms with Crippen LogP contribution in [0.15, 0.2) is 11.8 Å². The van der Waals surface area contributed by atoms with Gasteiger partial charge in [-0.1, -0.05) is 0 Å². The summed E-state index contributed by atoms with van der Waals surface area (Å²) in [6, 6.07) is 0.650. The molecule has 80 valence electrons. The van der Waals surface area contributed by atoms with E-state index < -0.39 is 0 Å². The monoisotopic (exact) mass is 214 g/mol. The van der Waals surface area contributed by atoms with Crippen molar-refractivity contribution >= 4 is 11.8 Å². The van der Waals surface area contributed by atoms with E-state index in [0.717, 1.165) is 25.3 Å². The molecule has 2 N–H and O–H groups in total. The molecule has 1 saturated heterocycles. The van der Waals surface area contributed by atoms with Crippen molar-refractivity contribution in [3.63, 3.8) is 0 Å². The van der Waals surface area contributed by atoms with Crippen molar-refractivity contribution in [2.45, 2.75) is 18.5 Å². The van der Waals surface area contributed by atoms with Gasteiger partial charge in [-0.25, -0.2) is 0 Å². The molecule has 2 aliphatic heterocycles. The molecule has 14 heavy (non-hydrogen) atoms. The molecule has 0 saturated carbocycles. The van der Waals surface area contributed by atoms with Crippen molar-refractivity contribution in [1.82, 2.24) is 4.90 Å². The normalized spacial score (nSPS) is 31.0. The molecule has 0 aromatic carbocycles. The Bertz CT molecular complexity index is 232. The van der Waals surface area contributed by atoms with E-state index in [0.29, 0.717) is 6.04 Å². The molecule has 1 fully saturated rings. The molecule has 0 radical (unpaired) electrons. The predicted octanol–water partition coefficient (Wildman–Crippen LogP) is 0.665. The molecule has 0 aromatic rings. The first-order valence-electron chi connectivity index (χ1n) is 5.13. The zero-order valence-electron chi connectivity index (χ0n) is 8.61. The largest absolute Gasteiger partial charge is 0.501 e. The maximum Gasteiger partial charge on any atom is 0.0912 e. The van der Waals surface area contributed by atoms with Crippen LogP contribution in [-0.2, 0) is 4.74 Å². The van der Waals surface area contributed by atoms with Gasteiger partial charge >= 0.3 is 0 Å². The molecule has 0 aliphatic carbocycles. The summed E-state index contributed by atoms with van der Waals surface area (Å²) in [5.41, 5.74) is 7.52. The number of rotatable bonds is 2. The van der Waals surface area contributed by atoms with Gasteiger partial charge in [-0.05, 0) is 12.6 Å². The van der Waals surface area contributed by atoms with Crippen molar-refractivity contribution in [3.8, 4) is 0 Å². The van der Waals surface area contributed by atoms with Crippen molar-refractivity contribution in [1.29, 1.82) is 0 Å².